The van der Waals surface area contributed by atoms with Crippen molar-refractivity contribution in [3.8, 4) is 11.4 Å². The summed E-state index contributed by atoms with van der Waals surface area (Å²) in [6, 6.07) is 3.31. The van der Waals surface area contributed by atoms with Crippen molar-refractivity contribution in [2.24, 2.45) is 0 Å². The quantitative estimate of drug-likeness (QED) is 0.765. The van der Waals surface area contributed by atoms with Gasteiger partial charge in [-0.1, -0.05) is 23.2 Å². The van der Waals surface area contributed by atoms with E-state index in [1.54, 1.807) is 28.0 Å². The van der Waals surface area contributed by atoms with Crippen LogP contribution in [0.1, 0.15) is 5.56 Å². The number of fused-ring (bicyclic) bond motifs is 1. The summed E-state index contributed by atoms with van der Waals surface area (Å²) in [6.45, 7) is 1.79. The van der Waals surface area contributed by atoms with Crippen LogP contribution in [-0.2, 0) is 11.3 Å². The molecule has 0 saturated carbocycles. The van der Waals surface area contributed by atoms with Gasteiger partial charge in [0.1, 0.15) is 12.4 Å². The SMILES string of the molecule is Cc1cscc1-c1nc2cc(Cl)c(Cl)cc2n1CC(=O)O. The fraction of sp³-hybridized carbons (Fsp3) is 0.143. The van der Waals surface area contributed by atoms with E-state index < -0.39 is 5.97 Å². The van der Waals surface area contributed by atoms with E-state index >= 15 is 0 Å². The van der Waals surface area contributed by atoms with E-state index in [-0.39, 0.29) is 6.54 Å². The standard InChI is InChI=1S/C14H10Cl2N2O2S/c1-7-5-21-6-8(7)14-17-11-2-9(15)10(16)3-12(11)18(14)4-13(19)20/h2-3,5-6H,4H2,1H3,(H,19,20). The van der Waals surface area contributed by atoms with Crippen molar-refractivity contribution in [1.82, 2.24) is 9.55 Å². The Balaban J connectivity index is 2.33. The van der Waals surface area contributed by atoms with Crippen molar-refractivity contribution in [2.45, 2.75) is 13.5 Å². The maximum atomic E-state index is 11.2. The van der Waals surface area contributed by atoms with E-state index in [1.165, 1.54) is 0 Å². The zero-order valence-corrected chi connectivity index (χ0v) is 13.3. The van der Waals surface area contributed by atoms with Crippen molar-refractivity contribution in [2.75, 3.05) is 0 Å². The number of halogens is 2. The summed E-state index contributed by atoms with van der Waals surface area (Å²) < 4.78 is 1.65. The van der Waals surface area contributed by atoms with Gasteiger partial charge < -0.3 is 9.67 Å². The van der Waals surface area contributed by atoms with Gasteiger partial charge >= 0.3 is 5.97 Å². The molecule has 108 valence electrons. The molecule has 3 aromatic rings. The molecule has 0 unspecified atom stereocenters. The van der Waals surface area contributed by atoms with E-state index in [0.717, 1.165) is 11.1 Å². The Morgan fingerprint density at radius 1 is 1.33 bits per heavy atom. The molecular weight excluding hydrogens is 331 g/mol. The minimum atomic E-state index is -0.936. The molecule has 2 aromatic heterocycles. The van der Waals surface area contributed by atoms with Crippen molar-refractivity contribution in [3.63, 3.8) is 0 Å². The highest BCUT2D eigenvalue weighted by atomic mass is 35.5. The van der Waals surface area contributed by atoms with Gasteiger partial charge in [-0.15, -0.1) is 0 Å². The van der Waals surface area contributed by atoms with Crippen LogP contribution < -0.4 is 0 Å². The minimum absolute atomic E-state index is 0.181. The summed E-state index contributed by atoms with van der Waals surface area (Å²) in [5.74, 6) is -0.320. The molecule has 0 atom stereocenters. The molecule has 0 bridgehead atoms. The summed E-state index contributed by atoms with van der Waals surface area (Å²) in [5.41, 5.74) is 3.27. The van der Waals surface area contributed by atoms with Crippen LogP contribution in [0.5, 0.6) is 0 Å². The first-order valence-electron chi connectivity index (χ1n) is 6.07. The lowest BCUT2D eigenvalue weighted by atomic mass is 10.2. The van der Waals surface area contributed by atoms with Crippen LogP contribution in [-0.4, -0.2) is 20.6 Å². The van der Waals surface area contributed by atoms with Crippen LogP contribution in [0.3, 0.4) is 0 Å². The number of hydrogen-bond donors (Lipinski definition) is 1. The van der Waals surface area contributed by atoms with Crippen molar-refractivity contribution in [1.29, 1.82) is 0 Å². The van der Waals surface area contributed by atoms with Crippen LogP contribution in [0, 0.1) is 6.92 Å². The van der Waals surface area contributed by atoms with E-state index in [2.05, 4.69) is 4.98 Å². The van der Waals surface area contributed by atoms with Crippen LogP contribution >= 0.6 is 34.5 Å². The number of aromatic nitrogens is 2. The molecule has 1 N–H and O–H groups in total. The van der Waals surface area contributed by atoms with Gasteiger partial charge in [-0.3, -0.25) is 4.79 Å². The zero-order valence-electron chi connectivity index (χ0n) is 10.9. The smallest absolute Gasteiger partial charge is 0.323 e. The van der Waals surface area contributed by atoms with Gasteiger partial charge in [-0.25, -0.2) is 4.98 Å². The van der Waals surface area contributed by atoms with Crippen molar-refractivity contribution >= 4 is 51.5 Å². The van der Waals surface area contributed by atoms with Gasteiger partial charge in [0.2, 0.25) is 0 Å². The lowest BCUT2D eigenvalue weighted by molar-refractivity contribution is -0.137. The average molecular weight is 341 g/mol. The third-order valence-electron chi connectivity index (χ3n) is 3.18. The highest BCUT2D eigenvalue weighted by Crippen LogP contribution is 2.33. The second kappa shape index (κ2) is 5.33. The molecule has 2 heterocycles. The number of aliphatic carboxylic acids is 1. The molecule has 1 aromatic carbocycles. The Bertz CT molecular complexity index is 854. The second-order valence-electron chi connectivity index (χ2n) is 4.64. The Kier molecular flexibility index (Phi) is 3.65. The van der Waals surface area contributed by atoms with E-state index in [9.17, 15) is 4.79 Å². The number of thiophene rings is 1. The summed E-state index contributed by atoms with van der Waals surface area (Å²) >= 11 is 13.6. The number of rotatable bonds is 3. The molecule has 0 aliphatic heterocycles. The molecule has 0 saturated heterocycles. The van der Waals surface area contributed by atoms with E-state index in [4.69, 9.17) is 28.3 Å². The van der Waals surface area contributed by atoms with Crippen LogP contribution in [0.25, 0.3) is 22.4 Å². The number of carbonyl (C=O) groups is 1. The molecule has 0 aliphatic rings. The molecule has 21 heavy (non-hydrogen) atoms. The molecule has 4 nitrogen and oxygen atoms in total. The molecule has 0 aliphatic carbocycles. The molecule has 3 rings (SSSR count). The van der Waals surface area contributed by atoms with Gasteiger partial charge in [0.15, 0.2) is 0 Å². The Labute approximate surface area is 134 Å². The third-order valence-corrected chi connectivity index (χ3v) is 4.76. The van der Waals surface area contributed by atoms with Gasteiger partial charge in [0, 0.05) is 10.9 Å². The fourth-order valence-electron chi connectivity index (χ4n) is 2.21. The Morgan fingerprint density at radius 3 is 2.67 bits per heavy atom. The monoisotopic (exact) mass is 340 g/mol. The van der Waals surface area contributed by atoms with Gasteiger partial charge in [-0.05, 0) is 30.0 Å². The molecule has 0 spiro atoms. The number of carboxylic acids is 1. The summed E-state index contributed by atoms with van der Waals surface area (Å²) in [4.78, 5) is 15.7. The maximum absolute atomic E-state index is 11.2. The number of benzene rings is 1. The van der Waals surface area contributed by atoms with Crippen LogP contribution in [0.4, 0.5) is 0 Å². The van der Waals surface area contributed by atoms with Gasteiger partial charge in [0.05, 0.1) is 21.1 Å². The minimum Gasteiger partial charge on any atom is -0.480 e. The number of aryl methyl sites for hydroxylation is 1. The highest BCUT2D eigenvalue weighted by molar-refractivity contribution is 7.08. The van der Waals surface area contributed by atoms with Crippen LogP contribution in [0.2, 0.25) is 10.0 Å². The molecular formula is C14H10Cl2N2O2S. The highest BCUT2D eigenvalue weighted by Gasteiger charge is 2.18. The Morgan fingerprint density at radius 2 is 2.05 bits per heavy atom. The first-order valence-corrected chi connectivity index (χ1v) is 7.77. The van der Waals surface area contributed by atoms with Gasteiger partial charge in [-0.2, -0.15) is 11.3 Å². The first kappa shape index (κ1) is 14.4. The number of imidazole rings is 1. The predicted molar refractivity (Wildman–Crippen MR) is 85.4 cm³/mol. The van der Waals surface area contributed by atoms with Crippen molar-refractivity contribution in [3.05, 3.63) is 38.5 Å². The summed E-state index contributed by atoms with van der Waals surface area (Å²) in [7, 11) is 0. The first-order chi connectivity index (χ1) is 9.97. The summed E-state index contributed by atoms with van der Waals surface area (Å²) in [6.07, 6.45) is 0. The third kappa shape index (κ3) is 2.52. The normalized spacial score (nSPS) is 11.2. The Hall–Kier alpha value is -1.56. The molecule has 0 radical (unpaired) electrons. The lowest BCUT2D eigenvalue weighted by Gasteiger charge is -2.06. The summed E-state index contributed by atoms with van der Waals surface area (Å²) in [5, 5.41) is 13.9. The van der Waals surface area contributed by atoms with E-state index in [1.807, 2.05) is 17.7 Å². The number of carboxylic acid groups (broad SMARTS) is 1. The largest absolute Gasteiger partial charge is 0.480 e. The average Bonchev–Trinajstić information content (AvgIpc) is 2.95. The van der Waals surface area contributed by atoms with Crippen molar-refractivity contribution < 1.29 is 9.90 Å². The number of nitrogens with zero attached hydrogens (tertiary/aromatic N) is 2. The van der Waals surface area contributed by atoms with Crippen LogP contribution in [0.15, 0.2) is 22.9 Å². The zero-order chi connectivity index (χ0) is 15.1. The maximum Gasteiger partial charge on any atom is 0.323 e. The van der Waals surface area contributed by atoms with E-state index in [0.29, 0.717) is 26.9 Å². The topological polar surface area (TPSA) is 55.1 Å². The molecule has 0 fully saturated rings. The molecule has 7 heteroatoms. The molecule has 0 amide bonds. The predicted octanol–water partition coefficient (Wildman–Crippen LogP) is 4.46. The second-order valence-corrected chi connectivity index (χ2v) is 6.20. The lowest BCUT2D eigenvalue weighted by Crippen LogP contribution is -2.10. The number of hydrogen-bond acceptors (Lipinski definition) is 3. The van der Waals surface area contributed by atoms with Gasteiger partial charge in [0.25, 0.3) is 0 Å². The fourth-order valence-corrected chi connectivity index (χ4v) is 3.35.